The van der Waals surface area contributed by atoms with E-state index in [1.807, 2.05) is 12.1 Å². The van der Waals surface area contributed by atoms with E-state index in [9.17, 15) is 8.78 Å². The van der Waals surface area contributed by atoms with Gasteiger partial charge < -0.3 is 5.32 Å². The van der Waals surface area contributed by atoms with E-state index in [4.69, 9.17) is 11.6 Å². The highest BCUT2D eigenvalue weighted by Crippen LogP contribution is 2.35. The quantitative estimate of drug-likeness (QED) is 0.680. The van der Waals surface area contributed by atoms with Gasteiger partial charge in [0.2, 0.25) is 0 Å². The number of hydrogen-bond donors (Lipinski definition) is 1. The Kier molecular flexibility index (Phi) is 4.17. The summed E-state index contributed by atoms with van der Waals surface area (Å²) in [7, 11) is 0. The maximum absolute atomic E-state index is 14.3. The summed E-state index contributed by atoms with van der Waals surface area (Å²) in [6.07, 6.45) is 2.81. The molecule has 0 atom stereocenters. The average Bonchev–Trinajstić information content (AvgIpc) is 2.78. The minimum atomic E-state index is -0.604. The fraction of sp³-hybridized carbons (Fsp3) is 0.211. The van der Waals surface area contributed by atoms with E-state index < -0.39 is 11.6 Å². The van der Waals surface area contributed by atoms with Crippen LogP contribution in [0.1, 0.15) is 18.4 Å². The molecule has 1 aromatic heterocycles. The molecule has 2 aromatic carbocycles. The highest BCUT2D eigenvalue weighted by atomic mass is 35.5. The molecule has 0 bridgehead atoms. The van der Waals surface area contributed by atoms with Crippen molar-refractivity contribution >= 4 is 17.4 Å². The zero-order valence-electron chi connectivity index (χ0n) is 13.4. The second-order valence-electron chi connectivity index (χ2n) is 6.07. The van der Waals surface area contributed by atoms with Crippen molar-refractivity contribution in [1.29, 1.82) is 0 Å². The van der Waals surface area contributed by atoms with E-state index in [0.717, 1.165) is 48.9 Å². The van der Waals surface area contributed by atoms with Gasteiger partial charge in [0, 0.05) is 28.8 Å². The molecule has 25 heavy (non-hydrogen) atoms. The van der Waals surface area contributed by atoms with Gasteiger partial charge in [-0.05, 0) is 55.7 Å². The number of halogens is 3. The fourth-order valence-electron chi connectivity index (χ4n) is 3.17. The van der Waals surface area contributed by atoms with Crippen LogP contribution in [0.4, 0.5) is 14.6 Å². The van der Waals surface area contributed by atoms with Crippen LogP contribution in [0.3, 0.4) is 0 Å². The van der Waals surface area contributed by atoms with Crippen LogP contribution in [-0.4, -0.2) is 16.3 Å². The zero-order valence-corrected chi connectivity index (χ0v) is 14.2. The van der Waals surface area contributed by atoms with Crippen LogP contribution in [0.2, 0.25) is 5.02 Å². The normalized spacial score (nSPS) is 13.9. The Hall–Kier alpha value is -2.40. The van der Waals surface area contributed by atoms with Crippen molar-refractivity contribution in [3.05, 3.63) is 64.7 Å². The van der Waals surface area contributed by atoms with E-state index in [2.05, 4.69) is 10.4 Å². The Bertz CT molecular complexity index is 919. The summed E-state index contributed by atoms with van der Waals surface area (Å²) in [5.41, 5.74) is 2.66. The first-order valence-corrected chi connectivity index (χ1v) is 8.58. The van der Waals surface area contributed by atoms with Gasteiger partial charge in [-0.2, -0.15) is 5.10 Å². The maximum atomic E-state index is 14.3. The monoisotopic (exact) mass is 359 g/mol. The van der Waals surface area contributed by atoms with E-state index in [0.29, 0.717) is 16.3 Å². The van der Waals surface area contributed by atoms with Gasteiger partial charge in [-0.25, -0.2) is 13.5 Å². The van der Waals surface area contributed by atoms with Crippen LogP contribution in [0.5, 0.6) is 0 Å². The van der Waals surface area contributed by atoms with Crippen molar-refractivity contribution < 1.29 is 8.78 Å². The summed E-state index contributed by atoms with van der Waals surface area (Å²) >= 11 is 5.97. The van der Waals surface area contributed by atoms with Crippen molar-refractivity contribution in [1.82, 2.24) is 9.78 Å². The lowest BCUT2D eigenvalue weighted by atomic mass is 10.0. The van der Waals surface area contributed by atoms with Gasteiger partial charge in [0.05, 0.1) is 5.69 Å². The van der Waals surface area contributed by atoms with Crippen LogP contribution in [0.25, 0.3) is 16.9 Å². The summed E-state index contributed by atoms with van der Waals surface area (Å²) in [4.78, 5) is 0. The molecule has 0 saturated carbocycles. The first kappa shape index (κ1) is 16.1. The molecule has 0 unspecified atom stereocenters. The summed E-state index contributed by atoms with van der Waals surface area (Å²) in [5.74, 6) is -0.339. The Labute approximate surface area is 149 Å². The highest BCUT2D eigenvalue weighted by molar-refractivity contribution is 6.30. The summed E-state index contributed by atoms with van der Waals surface area (Å²) in [6.45, 7) is 0.831. The Morgan fingerprint density at radius 1 is 1.04 bits per heavy atom. The number of nitrogens with zero attached hydrogens (tertiary/aromatic N) is 2. The number of benzene rings is 2. The molecule has 1 aliphatic rings. The van der Waals surface area contributed by atoms with Crippen molar-refractivity contribution in [2.24, 2.45) is 0 Å². The molecule has 0 amide bonds. The Balaban J connectivity index is 1.91. The summed E-state index contributed by atoms with van der Waals surface area (Å²) in [5, 5.41) is 8.68. The van der Waals surface area contributed by atoms with Gasteiger partial charge in [-0.15, -0.1) is 0 Å². The largest absolute Gasteiger partial charge is 0.370 e. The molecule has 0 radical (unpaired) electrons. The molecule has 6 heteroatoms. The molecule has 0 aliphatic carbocycles. The molecule has 3 aromatic rings. The third-order valence-corrected chi connectivity index (χ3v) is 4.64. The van der Waals surface area contributed by atoms with Crippen molar-refractivity contribution in [3.63, 3.8) is 0 Å². The molecular formula is C19H16ClF2N3. The summed E-state index contributed by atoms with van der Waals surface area (Å²) < 4.78 is 29.4. The lowest BCUT2D eigenvalue weighted by Gasteiger charge is -2.09. The standard InChI is InChI=1S/C19H16ClF2N3/c20-12-4-7-14(8-5-12)25-19-16(3-1-2-10-23-19)18(24-25)15-9-6-13(21)11-17(15)22/h4-9,11,23H,1-3,10H2. The average molecular weight is 360 g/mol. The molecule has 3 nitrogen and oxygen atoms in total. The maximum Gasteiger partial charge on any atom is 0.135 e. The van der Waals surface area contributed by atoms with Gasteiger partial charge in [0.25, 0.3) is 0 Å². The van der Waals surface area contributed by atoms with E-state index in [1.54, 1.807) is 16.8 Å². The zero-order chi connectivity index (χ0) is 17.4. The summed E-state index contributed by atoms with van der Waals surface area (Å²) in [6, 6.07) is 10.9. The first-order valence-electron chi connectivity index (χ1n) is 8.20. The van der Waals surface area contributed by atoms with Crippen LogP contribution in [0.15, 0.2) is 42.5 Å². The molecule has 0 spiro atoms. The molecule has 128 valence electrons. The lowest BCUT2D eigenvalue weighted by molar-refractivity contribution is 0.585. The van der Waals surface area contributed by atoms with Gasteiger partial charge in [0.1, 0.15) is 23.1 Å². The van der Waals surface area contributed by atoms with Gasteiger partial charge in [0.15, 0.2) is 0 Å². The molecule has 1 N–H and O–H groups in total. The van der Waals surface area contributed by atoms with Crippen molar-refractivity contribution in [3.8, 4) is 16.9 Å². The van der Waals surface area contributed by atoms with Crippen LogP contribution < -0.4 is 5.32 Å². The van der Waals surface area contributed by atoms with Gasteiger partial charge in [-0.3, -0.25) is 0 Å². The number of fused-ring (bicyclic) bond motifs is 1. The van der Waals surface area contributed by atoms with Gasteiger partial charge in [-0.1, -0.05) is 11.6 Å². The number of hydrogen-bond acceptors (Lipinski definition) is 2. The smallest absolute Gasteiger partial charge is 0.135 e. The fourth-order valence-corrected chi connectivity index (χ4v) is 3.30. The highest BCUT2D eigenvalue weighted by Gasteiger charge is 2.23. The van der Waals surface area contributed by atoms with E-state index in [1.165, 1.54) is 12.1 Å². The minimum absolute atomic E-state index is 0.314. The number of rotatable bonds is 2. The van der Waals surface area contributed by atoms with Crippen LogP contribution >= 0.6 is 11.6 Å². The molecule has 1 aliphatic heterocycles. The van der Waals surface area contributed by atoms with Crippen molar-refractivity contribution in [2.75, 3.05) is 11.9 Å². The predicted octanol–water partition coefficient (Wildman–Crippen LogP) is 5.22. The number of aromatic nitrogens is 2. The predicted molar refractivity (Wildman–Crippen MR) is 95.4 cm³/mol. The minimum Gasteiger partial charge on any atom is -0.370 e. The van der Waals surface area contributed by atoms with Crippen molar-refractivity contribution in [2.45, 2.75) is 19.3 Å². The lowest BCUT2D eigenvalue weighted by Crippen LogP contribution is -2.07. The second kappa shape index (κ2) is 6.48. The topological polar surface area (TPSA) is 29.9 Å². The number of nitrogens with one attached hydrogen (secondary N) is 1. The van der Waals surface area contributed by atoms with E-state index in [-0.39, 0.29) is 0 Å². The Morgan fingerprint density at radius 2 is 1.84 bits per heavy atom. The molecule has 0 saturated heterocycles. The third kappa shape index (κ3) is 3.00. The van der Waals surface area contributed by atoms with Crippen LogP contribution in [-0.2, 0) is 6.42 Å². The molecule has 0 fully saturated rings. The third-order valence-electron chi connectivity index (χ3n) is 4.39. The Morgan fingerprint density at radius 3 is 2.60 bits per heavy atom. The van der Waals surface area contributed by atoms with E-state index >= 15 is 0 Å². The first-order chi connectivity index (χ1) is 12.1. The SMILES string of the molecule is Fc1ccc(-c2nn(-c3ccc(Cl)cc3)c3c2CCCCN3)c(F)c1. The second-order valence-corrected chi connectivity index (χ2v) is 6.51. The molecular weight excluding hydrogens is 344 g/mol. The van der Waals surface area contributed by atoms with Crippen LogP contribution in [0, 0.1) is 11.6 Å². The molecule has 4 rings (SSSR count). The van der Waals surface area contributed by atoms with Gasteiger partial charge >= 0.3 is 0 Å². The number of anilines is 1. The molecule has 2 heterocycles.